The maximum atomic E-state index is 13.5. The van der Waals surface area contributed by atoms with E-state index in [2.05, 4.69) is 4.98 Å². The summed E-state index contributed by atoms with van der Waals surface area (Å²) in [6.07, 6.45) is 0.579. The third-order valence-electron chi connectivity index (χ3n) is 6.02. The van der Waals surface area contributed by atoms with Gasteiger partial charge in [-0.2, -0.15) is 12.7 Å². The molecule has 0 spiro atoms. The molecule has 2 aromatic carbocycles. The van der Waals surface area contributed by atoms with Crippen LogP contribution in [-0.4, -0.2) is 41.9 Å². The van der Waals surface area contributed by atoms with Gasteiger partial charge in [0.1, 0.15) is 30.4 Å². The van der Waals surface area contributed by atoms with Crippen molar-refractivity contribution >= 4 is 33.2 Å². The third-order valence-corrected chi connectivity index (χ3v) is 8.72. The molecule has 0 bridgehead atoms. The Labute approximate surface area is 218 Å². The lowest BCUT2D eigenvalue weighted by atomic mass is 10.2. The van der Waals surface area contributed by atoms with Crippen molar-refractivity contribution in [3.63, 3.8) is 0 Å². The molecule has 1 aliphatic rings. The van der Waals surface area contributed by atoms with Crippen molar-refractivity contribution in [1.82, 2.24) is 9.29 Å². The van der Waals surface area contributed by atoms with Crippen LogP contribution in [0.25, 0.3) is 10.8 Å². The molecule has 5 rings (SSSR count). The van der Waals surface area contributed by atoms with E-state index in [1.807, 2.05) is 36.6 Å². The van der Waals surface area contributed by atoms with Crippen molar-refractivity contribution in [1.29, 1.82) is 0 Å². The second-order valence-corrected chi connectivity index (χ2v) is 11.4. The van der Waals surface area contributed by atoms with Crippen LogP contribution in [0.2, 0.25) is 0 Å². The molecule has 0 amide bonds. The third kappa shape index (κ3) is 5.38. The van der Waals surface area contributed by atoms with E-state index >= 15 is 0 Å². The van der Waals surface area contributed by atoms with Gasteiger partial charge in [0.25, 0.3) is 0 Å². The standard InChI is InChI=1S/C26H25N3O6S2/c1-18-22(27-26(35-18)24-10-5-13-36-24)17-34-21-8-4-6-19(14-21)15-28(16-25(30)31)37(32,33)29-12-11-20-7-2-3-9-23(20)29/h2-10,13-14H,11-12,15-17H2,1H3,(H,30,31). The fourth-order valence-electron chi connectivity index (χ4n) is 4.21. The molecule has 1 aliphatic heterocycles. The molecule has 0 saturated heterocycles. The number of rotatable bonds is 10. The van der Waals surface area contributed by atoms with Crippen LogP contribution < -0.4 is 9.04 Å². The van der Waals surface area contributed by atoms with E-state index in [1.54, 1.807) is 36.4 Å². The van der Waals surface area contributed by atoms with E-state index in [-0.39, 0.29) is 19.7 Å². The number of hydrogen-bond donors (Lipinski definition) is 1. The summed E-state index contributed by atoms with van der Waals surface area (Å²) in [5.74, 6) is 0.477. The number of anilines is 1. The molecule has 0 fully saturated rings. The molecule has 0 aliphatic carbocycles. The van der Waals surface area contributed by atoms with Crippen LogP contribution in [-0.2, 0) is 34.6 Å². The number of carbonyl (C=O) groups is 1. The van der Waals surface area contributed by atoms with E-state index in [1.165, 1.54) is 15.6 Å². The van der Waals surface area contributed by atoms with E-state index in [0.29, 0.717) is 40.8 Å². The monoisotopic (exact) mass is 539 g/mol. The number of oxazole rings is 1. The molecular weight excluding hydrogens is 514 g/mol. The smallest absolute Gasteiger partial charge is 0.318 e. The Balaban J connectivity index is 1.32. The van der Waals surface area contributed by atoms with Crippen molar-refractivity contribution in [2.45, 2.75) is 26.5 Å². The number of aliphatic carboxylic acids is 1. The molecule has 37 heavy (non-hydrogen) atoms. The van der Waals surface area contributed by atoms with E-state index in [9.17, 15) is 18.3 Å². The number of fused-ring (bicyclic) bond motifs is 1. The molecule has 9 nitrogen and oxygen atoms in total. The van der Waals surface area contributed by atoms with Crippen molar-refractivity contribution in [3.05, 3.63) is 88.6 Å². The maximum Gasteiger partial charge on any atom is 0.318 e. The summed E-state index contributed by atoms with van der Waals surface area (Å²) in [5.41, 5.74) is 2.77. The highest BCUT2D eigenvalue weighted by Gasteiger charge is 2.35. The zero-order chi connectivity index (χ0) is 26.0. The molecule has 0 unspecified atom stereocenters. The Hall–Kier alpha value is -3.67. The number of aromatic nitrogens is 1. The van der Waals surface area contributed by atoms with Crippen molar-refractivity contribution in [2.24, 2.45) is 0 Å². The highest BCUT2D eigenvalue weighted by atomic mass is 32.2. The van der Waals surface area contributed by atoms with Gasteiger partial charge < -0.3 is 14.3 Å². The fraction of sp³-hybridized carbons (Fsp3) is 0.231. The van der Waals surface area contributed by atoms with Gasteiger partial charge in [-0.3, -0.25) is 9.10 Å². The van der Waals surface area contributed by atoms with Crippen molar-refractivity contribution < 1.29 is 27.5 Å². The predicted molar refractivity (Wildman–Crippen MR) is 140 cm³/mol. The highest BCUT2D eigenvalue weighted by Crippen LogP contribution is 2.32. The number of aryl methyl sites for hydroxylation is 1. The summed E-state index contributed by atoms with van der Waals surface area (Å²) in [5, 5.41) is 11.4. The van der Waals surface area contributed by atoms with Gasteiger partial charge in [-0.15, -0.1) is 11.3 Å². The van der Waals surface area contributed by atoms with Gasteiger partial charge >= 0.3 is 16.2 Å². The maximum absolute atomic E-state index is 13.5. The molecule has 0 saturated carbocycles. The van der Waals surface area contributed by atoms with Crippen LogP contribution >= 0.6 is 11.3 Å². The number of hydrogen-bond acceptors (Lipinski definition) is 7. The van der Waals surface area contributed by atoms with Gasteiger partial charge in [-0.1, -0.05) is 36.4 Å². The number of benzene rings is 2. The van der Waals surface area contributed by atoms with Crippen LogP contribution in [0.15, 0.2) is 70.5 Å². The van der Waals surface area contributed by atoms with Crippen LogP contribution in [0.5, 0.6) is 5.75 Å². The summed E-state index contributed by atoms with van der Waals surface area (Å²) in [4.78, 5) is 17.0. The Morgan fingerprint density at radius 1 is 1.19 bits per heavy atom. The number of para-hydroxylation sites is 1. The average Bonchev–Trinajstić information content (AvgIpc) is 3.62. The largest absolute Gasteiger partial charge is 0.487 e. The molecule has 192 valence electrons. The zero-order valence-corrected chi connectivity index (χ0v) is 21.7. The van der Waals surface area contributed by atoms with Crippen LogP contribution in [0, 0.1) is 6.92 Å². The Bertz CT molecular complexity index is 1510. The lowest BCUT2D eigenvalue weighted by Crippen LogP contribution is -2.45. The molecule has 4 aromatic rings. The molecule has 0 radical (unpaired) electrons. The summed E-state index contributed by atoms with van der Waals surface area (Å²) in [6, 6.07) is 18.1. The highest BCUT2D eigenvalue weighted by molar-refractivity contribution is 7.90. The first-order valence-electron chi connectivity index (χ1n) is 11.6. The SMILES string of the molecule is Cc1oc(-c2cccs2)nc1COc1cccc(CN(CC(=O)O)S(=O)(=O)N2CCc3ccccc32)c1. The minimum Gasteiger partial charge on any atom is -0.487 e. The van der Waals surface area contributed by atoms with Crippen LogP contribution in [0.3, 0.4) is 0 Å². The van der Waals surface area contributed by atoms with Gasteiger partial charge in [-0.25, -0.2) is 4.98 Å². The number of carboxylic acid groups (broad SMARTS) is 1. The first-order chi connectivity index (χ1) is 17.8. The summed E-state index contributed by atoms with van der Waals surface area (Å²) in [6.45, 7) is 1.49. The number of thiophene rings is 1. The van der Waals surface area contributed by atoms with Gasteiger partial charge in [-0.05, 0) is 54.1 Å². The summed E-state index contributed by atoms with van der Waals surface area (Å²) in [7, 11) is -4.08. The normalized spacial score (nSPS) is 13.2. The molecule has 0 atom stereocenters. The van der Waals surface area contributed by atoms with Crippen molar-refractivity contribution in [3.8, 4) is 16.5 Å². The lowest BCUT2D eigenvalue weighted by Gasteiger charge is -2.28. The van der Waals surface area contributed by atoms with Crippen LogP contribution in [0.1, 0.15) is 22.6 Å². The summed E-state index contributed by atoms with van der Waals surface area (Å²) < 4.78 is 41.0. The van der Waals surface area contributed by atoms with E-state index in [0.717, 1.165) is 14.7 Å². The Morgan fingerprint density at radius 3 is 2.81 bits per heavy atom. The van der Waals surface area contributed by atoms with E-state index in [4.69, 9.17) is 9.15 Å². The Kier molecular flexibility index (Phi) is 7.00. The van der Waals surface area contributed by atoms with Crippen molar-refractivity contribution in [2.75, 3.05) is 17.4 Å². The summed E-state index contributed by atoms with van der Waals surface area (Å²) >= 11 is 1.54. The number of ether oxygens (including phenoxy) is 1. The molecular formula is C26H25N3O6S2. The topological polar surface area (TPSA) is 113 Å². The van der Waals surface area contributed by atoms with E-state index < -0.39 is 22.7 Å². The molecule has 11 heteroatoms. The quantitative estimate of drug-likeness (QED) is 0.316. The van der Waals surface area contributed by atoms with Gasteiger partial charge in [0.15, 0.2) is 0 Å². The predicted octanol–water partition coefficient (Wildman–Crippen LogP) is 4.48. The van der Waals surface area contributed by atoms with Gasteiger partial charge in [0.2, 0.25) is 5.89 Å². The zero-order valence-electron chi connectivity index (χ0n) is 20.0. The molecule has 1 N–H and O–H groups in total. The second kappa shape index (κ2) is 10.4. The second-order valence-electron chi connectivity index (χ2n) is 8.56. The molecule has 3 heterocycles. The number of nitrogens with zero attached hydrogens (tertiary/aromatic N) is 3. The number of carboxylic acids is 1. The lowest BCUT2D eigenvalue weighted by molar-refractivity contribution is -0.137. The van der Waals surface area contributed by atoms with Gasteiger partial charge in [0.05, 0.1) is 10.6 Å². The minimum absolute atomic E-state index is 0.115. The van der Waals surface area contributed by atoms with Crippen LogP contribution in [0.4, 0.5) is 5.69 Å². The molecule has 2 aromatic heterocycles. The van der Waals surface area contributed by atoms with Gasteiger partial charge in [0, 0.05) is 13.1 Å². The average molecular weight is 540 g/mol. The first-order valence-corrected chi connectivity index (χ1v) is 13.9. The first kappa shape index (κ1) is 25.0. The Morgan fingerprint density at radius 2 is 2.03 bits per heavy atom. The minimum atomic E-state index is -4.08. The fourth-order valence-corrected chi connectivity index (χ4v) is 6.48.